The van der Waals surface area contributed by atoms with E-state index in [2.05, 4.69) is 39.4 Å². The van der Waals surface area contributed by atoms with E-state index < -0.39 is 0 Å². The predicted molar refractivity (Wildman–Crippen MR) is 119 cm³/mol. The summed E-state index contributed by atoms with van der Waals surface area (Å²) in [5.41, 5.74) is 2.14. The van der Waals surface area contributed by atoms with Crippen LogP contribution in [0.25, 0.3) is 0 Å². The molecular weight excluding hydrogens is 464 g/mol. The average molecular weight is 491 g/mol. The van der Waals surface area contributed by atoms with Gasteiger partial charge >= 0.3 is 0 Å². The average Bonchev–Trinajstić information content (AvgIpc) is 3.14. The highest BCUT2D eigenvalue weighted by molar-refractivity contribution is 14.0. The Kier molecular flexibility index (Phi) is 9.93. The Labute approximate surface area is 176 Å². The quantitative estimate of drug-likeness (QED) is 0.328. The molecule has 0 saturated carbocycles. The highest BCUT2D eigenvalue weighted by Gasteiger charge is 2.12. The van der Waals surface area contributed by atoms with Crippen LogP contribution in [0.5, 0.6) is 5.75 Å². The Morgan fingerprint density at radius 2 is 2.04 bits per heavy atom. The molecule has 0 saturated heterocycles. The SMILES string of the molecule is CCNC(=NCC(C)c1ccsc1)NC(C)c1ccc(OC)c(F)c1.I. The Morgan fingerprint density at radius 1 is 1.27 bits per heavy atom. The van der Waals surface area contributed by atoms with E-state index in [9.17, 15) is 4.39 Å². The summed E-state index contributed by atoms with van der Waals surface area (Å²) in [5, 5.41) is 10.8. The number of guanidine groups is 1. The minimum absolute atomic E-state index is 0. The van der Waals surface area contributed by atoms with Crippen molar-refractivity contribution in [1.82, 2.24) is 10.6 Å². The van der Waals surface area contributed by atoms with Crippen LogP contribution in [0, 0.1) is 5.82 Å². The number of halogens is 2. The fourth-order valence-electron chi connectivity index (χ4n) is 2.45. The second-order valence-electron chi connectivity index (χ2n) is 5.94. The Hall–Kier alpha value is -1.35. The van der Waals surface area contributed by atoms with Crippen molar-refractivity contribution in [1.29, 1.82) is 0 Å². The van der Waals surface area contributed by atoms with Gasteiger partial charge in [-0.05, 0) is 53.9 Å². The lowest BCUT2D eigenvalue weighted by molar-refractivity contribution is 0.386. The van der Waals surface area contributed by atoms with Crippen molar-refractivity contribution >= 4 is 41.3 Å². The molecule has 1 aromatic carbocycles. The summed E-state index contributed by atoms with van der Waals surface area (Å²) in [6.45, 7) is 7.63. The van der Waals surface area contributed by atoms with Crippen LogP contribution in [-0.2, 0) is 0 Å². The molecule has 0 amide bonds. The first kappa shape index (κ1) is 22.7. The summed E-state index contributed by atoms with van der Waals surface area (Å²) in [5.74, 6) is 0.978. The summed E-state index contributed by atoms with van der Waals surface area (Å²) < 4.78 is 18.9. The zero-order chi connectivity index (χ0) is 18.2. The summed E-state index contributed by atoms with van der Waals surface area (Å²) in [4.78, 5) is 4.67. The van der Waals surface area contributed by atoms with E-state index in [0.29, 0.717) is 12.5 Å². The fraction of sp³-hybridized carbons (Fsp3) is 0.421. The van der Waals surface area contributed by atoms with Crippen LogP contribution >= 0.6 is 35.3 Å². The van der Waals surface area contributed by atoms with Crippen molar-refractivity contribution in [2.24, 2.45) is 4.99 Å². The topological polar surface area (TPSA) is 45.7 Å². The van der Waals surface area contributed by atoms with Crippen molar-refractivity contribution in [2.45, 2.75) is 32.7 Å². The third-order valence-electron chi connectivity index (χ3n) is 4.01. The number of benzene rings is 1. The number of hydrogen-bond acceptors (Lipinski definition) is 3. The molecule has 2 N–H and O–H groups in total. The normalized spacial score (nSPS) is 13.5. The van der Waals surface area contributed by atoms with Gasteiger partial charge < -0.3 is 15.4 Å². The zero-order valence-corrected chi connectivity index (χ0v) is 18.7. The van der Waals surface area contributed by atoms with Gasteiger partial charge in [0, 0.05) is 19.0 Å². The smallest absolute Gasteiger partial charge is 0.191 e. The van der Waals surface area contributed by atoms with Crippen molar-refractivity contribution in [2.75, 3.05) is 20.2 Å². The molecule has 0 bridgehead atoms. The van der Waals surface area contributed by atoms with Gasteiger partial charge in [-0.25, -0.2) is 4.39 Å². The van der Waals surface area contributed by atoms with Crippen LogP contribution < -0.4 is 15.4 Å². The first-order chi connectivity index (χ1) is 12.0. The number of ether oxygens (including phenoxy) is 1. The second kappa shape index (κ2) is 11.4. The molecule has 0 aliphatic heterocycles. The highest BCUT2D eigenvalue weighted by atomic mass is 127. The van der Waals surface area contributed by atoms with E-state index in [1.54, 1.807) is 17.4 Å². The van der Waals surface area contributed by atoms with Gasteiger partial charge in [0.2, 0.25) is 0 Å². The third-order valence-corrected chi connectivity index (χ3v) is 4.71. The Balaban J connectivity index is 0.00000338. The van der Waals surface area contributed by atoms with Crippen molar-refractivity contribution in [3.8, 4) is 5.75 Å². The monoisotopic (exact) mass is 491 g/mol. The molecule has 0 aliphatic carbocycles. The molecule has 1 aromatic heterocycles. The molecule has 0 spiro atoms. The predicted octanol–water partition coefficient (Wildman–Crippen LogP) is 4.93. The number of rotatable bonds is 7. The van der Waals surface area contributed by atoms with E-state index in [-0.39, 0.29) is 41.6 Å². The summed E-state index contributed by atoms with van der Waals surface area (Å²) in [6, 6.07) is 7.06. The minimum atomic E-state index is -0.360. The fourth-order valence-corrected chi connectivity index (χ4v) is 3.23. The largest absolute Gasteiger partial charge is 0.494 e. The van der Waals surface area contributed by atoms with Gasteiger partial charge in [0.25, 0.3) is 0 Å². The molecule has 2 rings (SSSR count). The van der Waals surface area contributed by atoms with Gasteiger partial charge in [-0.1, -0.05) is 13.0 Å². The van der Waals surface area contributed by atoms with Crippen LogP contribution in [0.2, 0.25) is 0 Å². The van der Waals surface area contributed by atoms with Gasteiger partial charge in [0.15, 0.2) is 17.5 Å². The molecule has 26 heavy (non-hydrogen) atoms. The van der Waals surface area contributed by atoms with Crippen LogP contribution in [0.15, 0.2) is 40.0 Å². The van der Waals surface area contributed by atoms with E-state index in [4.69, 9.17) is 4.74 Å². The van der Waals surface area contributed by atoms with Crippen molar-refractivity contribution in [3.05, 3.63) is 52.0 Å². The highest BCUT2D eigenvalue weighted by Crippen LogP contribution is 2.22. The number of nitrogens with one attached hydrogen (secondary N) is 2. The van der Waals surface area contributed by atoms with Gasteiger partial charge in [0.05, 0.1) is 13.2 Å². The summed E-state index contributed by atoms with van der Waals surface area (Å²) in [7, 11) is 1.46. The van der Waals surface area contributed by atoms with Gasteiger partial charge in [-0.2, -0.15) is 11.3 Å². The number of aliphatic imine (C=N–C) groups is 1. The Morgan fingerprint density at radius 3 is 2.62 bits per heavy atom. The lowest BCUT2D eigenvalue weighted by atomic mass is 10.1. The molecule has 0 aliphatic rings. The van der Waals surface area contributed by atoms with Crippen LogP contribution in [0.4, 0.5) is 4.39 Å². The maximum atomic E-state index is 13.9. The number of thiophene rings is 1. The summed E-state index contributed by atoms with van der Waals surface area (Å²) >= 11 is 1.70. The lowest BCUT2D eigenvalue weighted by Gasteiger charge is -2.19. The van der Waals surface area contributed by atoms with Crippen LogP contribution in [-0.4, -0.2) is 26.2 Å². The number of nitrogens with zero attached hydrogens (tertiary/aromatic N) is 1. The van der Waals surface area contributed by atoms with E-state index in [0.717, 1.165) is 18.1 Å². The molecule has 0 fully saturated rings. The first-order valence-corrected chi connectivity index (χ1v) is 9.39. The van der Waals surface area contributed by atoms with Crippen LogP contribution in [0.3, 0.4) is 0 Å². The number of methoxy groups -OCH3 is 1. The van der Waals surface area contributed by atoms with E-state index in [1.165, 1.54) is 18.7 Å². The summed E-state index contributed by atoms with van der Waals surface area (Å²) in [6.07, 6.45) is 0. The molecule has 0 radical (unpaired) electrons. The van der Waals surface area contributed by atoms with Gasteiger partial charge in [-0.15, -0.1) is 24.0 Å². The van der Waals surface area contributed by atoms with Crippen molar-refractivity contribution < 1.29 is 9.13 Å². The standard InChI is InChI=1S/C19H26FN3OS.HI/c1-5-21-19(22-11-13(2)16-8-9-25-12-16)23-14(3)15-6-7-18(24-4)17(20)10-15;/h6-10,12-14H,5,11H2,1-4H3,(H2,21,22,23);1H. The van der Waals surface area contributed by atoms with Gasteiger partial charge in [-0.3, -0.25) is 4.99 Å². The van der Waals surface area contributed by atoms with Crippen LogP contribution in [0.1, 0.15) is 43.9 Å². The first-order valence-electron chi connectivity index (χ1n) is 8.45. The van der Waals surface area contributed by atoms with Gasteiger partial charge in [0.1, 0.15) is 0 Å². The minimum Gasteiger partial charge on any atom is -0.494 e. The molecule has 2 unspecified atom stereocenters. The lowest BCUT2D eigenvalue weighted by Crippen LogP contribution is -2.39. The molecule has 144 valence electrons. The molecule has 7 heteroatoms. The molecular formula is C19H27FIN3OS. The number of hydrogen-bond donors (Lipinski definition) is 2. The second-order valence-corrected chi connectivity index (χ2v) is 6.72. The van der Waals surface area contributed by atoms with E-state index in [1.807, 2.05) is 19.9 Å². The molecule has 2 aromatic rings. The molecule has 2 atom stereocenters. The van der Waals surface area contributed by atoms with E-state index >= 15 is 0 Å². The maximum Gasteiger partial charge on any atom is 0.191 e. The van der Waals surface area contributed by atoms with Crippen molar-refractivity contribution in [3.63, 3.8) is 0 Å². The third kappa shape index (κ3) is 6.42. The molecule has 1 heterocycles. The Bertz CT molecular complexity index is 694. The molecule has 4 nitrogen and oxygen atoms in total. The maximum absolute atomic E-state index is 13.9. The zero-order valence-electron chi connectivity index (χ0n) is 15.6.